The first-order chi connectivity index (χ1) is 11.6. The van der Waals surface area contributed by atoms with Gasteiger partial charge in [0.2, 0.25) is 0 Å². The Labute approximate surface area is 143 Å². The largest absolute Gasteiger partial charge is 0.497 e. The molecule has 0 saturated heterocycles. The molecule has 24 heavy (non-hydrogen) atoms. The lowest BCUT2D eigenvalue weighted by Crippen LogP contribution is -2.21. The van der Waals surface area contributed by atoms with Crippen LogP contribution in [0.3, 0.4) is 0 Å². The number of nitrogens with one attached hydrogen (secondary N) is 1. The summed E-state index contributed by atoms with van der Waals surface area (Å²) in [5, 5.41) is 2.87. The number of rotatable bonds is 7. The number of hydrogen-bond acceptors (Lipinski definition) is 4. The van der Waals surface area contributed by atoms with Crippen molar-refractivity contribution in [3.8, 4) is 11.5 Å². The van der Waals surface area contributed by atoms with Crippen LogP contribution in [-0.2, 0) is 0 Å². The van der Waals surface area contributed by atoms with Gasteiger partial charge in [-0.3, -0.25) is 4.79 Å². The van der Waals surface area contributed by atoms with E-state index >= 15 is 0 Å². The van der Waals surface area contributed by atoms with Gasteiger partial charge in [0.25, 0.3) is 5.91 Å². The highest BCUT2D eigenvalue weighted by Crippen LogP contribution is 2.29. The number of carbonyl (C=O) groups excluding carboxylic acids is 1. The first-order valence-corrected chi connectivity index (χ1v) is 8.01. The first-order valence-electron chi connectivity index (χ1n) is 8.01. The third-order valence-corrected chi connectivity index (χ3v) is 3.91. The maximum atomic E-state index is 12.4. The molecule has 0 spiro atoms. The van der Waals surface area contributed by atoms with Gasteiger partial charge in [-0.2, -0.15) is 0 Å². The Hall–Kier alpha value is -2.69. The Balaban J connectivity index is 2.15. The second-order valence-electron chi connectivity index (χ2n) is 5.24. The molecule has 0 unspecified atom stereocenters. The van der Waals surface area contributed by atoms with Crippen LogP contribution in [0.4, 0.5) is 11.4 Å². The maximum Gasteiger partial charge on any atom is 0.255 e. The SMILES string of the molecule is CCN(CC)c1ccc(C(=O)Nc2ccc(OC)cc2OC)cc1. The van der Waals surface area contributed by atoms with E-state index < -0.39 is 0 Å². The van der Waals surface area contributed by atoms with Crippen molar-refractivity contribution in [3.05, 3.63) is 48.0 Å². The molecule has 1 N–H and O–H groups in total. The summed E-state index contributed by atoms with van der Waals surface area (Å²) in [6.45, 7) is 6.09. The molecule has 0 aromatic heterocycles. The quantitative estimate of drug-likeness (QED) is 0.840. The van der Waals surface area contributed by atoms with Gasteiger partial charge in [-0.15, -0.1) is 0 Å². The van der Waals surface area contributed by atoms with Gasteiger partial charge in [-0.1, -0.05) is 0 Å². The van der Waals surface area contributed by atoms with E-state index in [1.165, 1.54) is 0 Å². The number of amides is 1. The predicted octanol–water partition coefficient (Wildman–Crippen LogP) is 3.80. The molecule has 0 saturated carbocycles. The molecule has 5 nitrogen and oxygen atoms in total. The molecule has 0 aliphatic heterocycles. The van der Waals surface area contributed by atoms with Crippen LogP contribution in [-0.4, -0.2) is 33.2 Å². The van der Waals surface area contributed by atoms with Crippen LogP contribution in [0, 0.1) is 0 Å². The third kappa shape index (κ3) is 3.98. The number of nitrogens with zero attached hydrogens (tertiary/aromatic N) is 1. The minimum Gasteiger partial charge on any atom is -0.497 e. The van der Waals surface area contributed by atoms with Crippen LogP contribution < -0.4 is 19.7 Å². The highest BCUT2D eigenvalue weighted by Gasteiger charge is 2.11. The van der Waals surface area contributed by atoms with Crippen LogP contribution in [0.25, 0.3) is 0 Å². The predicted molar refractivity (Wildman–Crippen MR) is 97.5 cm³/mol. The van der Waals surface area contributed by atoms with Crippen molar-refractivity contribution >= 4 is 17.3 Å². The fourth-order valence-electron chi connectivity index (χ4n) is 2.51. The zero-order chi connectivity index (χ0) is 17.5. The summed E-state index contributed by atoms with van der Waals surface area (Å²) >= 11 is 0. The van der Waals surface area contributed by atoms with E-state index in [1.807, 2.05) is 24.3 Å². The lowest BCUT2D eigenvalue weighted by Gasteiger charge is -2.21. The second kappa shape index (κ2) is 8.24. The van der Waals surface area contributed by atoms with Gasteiger partial charge < -0.3 is 19.7 Å². The summed E-state index contributed by atoms with van der Waals surface area (Å²) < 4.78 is 10.5. The summed E-state index contributed by atoms with van der Waals surface area (Å²) in [5.41, 5.74) is 2.32. The zero-order valence-corrected chi connectivity index (χ0v) is 14.6. The maximum absolute atomic E-state index is 12.4. The van der Waals surface area contributed by atoms with Gasteiger partial charge in [0.15, 0.2) is 0 Å². The average Bonchev–Trinajstić information content (AvgIpc) is 2.63. The Bertz CT molecular complexity index is 680. The van der Waals surface area contributed by atoms with E-state index in [4.69, 9.17) is 9.47 Å². The summed E-state index contributed by atoms with van der Waals surface area (Å²) in [7, 11) is 3.15. The fraction of sp³-hybridized carbons (Fsp3) is 0.316. The van der Waals surface area contributed by atoms with Crippen molar-refractivity contribution in [2.75, 3.05) is 37.5 Å². The van der Waals surface area contributed by atoms with Crippen molar-refractivity contribution in [1.82, 2.24) is 0 Å². The van der Waals surface area contributed by atoms with Gasteiger partial charge in [-0.05, 0) is 50.2 Å². The third-order valence-electron chi connectivity index (χ3n) is 3.91. The van der Waals surface area contributed by atoms with E-state index in [0.717, 1.165) is 18.8 Å². The number of anilines is 2. The highest BCUT2D eigenvalue weighted by molar-refractivity contribution is 6.05. The van der Waals surface area contributed by atoms with Gasteiger partial charge in [0.1, 0.15) is 11.5 Å². The lowest BCUT2D eigenvalue weighted by atomic mass is 10.1. The number of benzene rings is 2. The van der Waals surface area contributed by atoms with Crippen molar-refractivity contribution in [2.24, 2.45) is 0 Å². The number of hydrogen-bond donors (Lipinski definition) is 1. The average molecular weight is 328 g/mol. The van der Waals surface area contributed by atoms with E-state index in [0.29, 0.717) is 22.7 Å². The minimum atomic E-state index is -0.176. The number of ether oxygens (including phenoxy) is 2. The smallest absolute Gasteiger partial charge is 0.255 e. The number of carbonyl (C=O) groups is 1. The van der Waals surface area contributed by atoms with Gasteiger partial charge in [0, 0.05) is 30.4 Å². The van der Waals surface area contributed by atoms with Gasteiger partial charge >= 0.3 is 0 Å². The molecule has 0 bridgehead atoms. The molecule has 5 heteroatoms. The second-order valence-corrected chi connectivity index (χ2v) is 5.24. The first kappa shape index (κ1) is 17.7. The van der Waals surface area contributed by atoms with Crippen LogP contribution in [0.5, 0.6) is 11.5 Å². The van der Waals surface area contributed by atoms with Crippen molar-refractivity contribution in [1.29, 1.82) is 0 Å². The molecule has 128 valence electrons. The van der Waals surface area contributed by atoms with Crippen LogP contribution >= 0.6 is 0 Å². The Morgan fingerprint density at radius 3 is 2.21 bits per heavy atom. The Morgan fingerprint density at radius 1 is 1.00 bits per heavy atom. The highest BCUT2D eigenvalue weighted by atomic mass is 16.5. The van der Waals surface area contributed by atoms with Gasteiger partial charge in [-0.25, -0.2) is 0 Å². The van der Waals surface area contributed by atoms with Crippen LogP contribution in [0.2, 0.25) is 0 Å². The molecule has 1 amide bonds. The standard InChI is InChI=1S/C19H24N2O3/c1-5-21(6-2)15-9-7-14(8-10-15)19(22)20-17-12-11-16(23-3)13-18(17)24-4/h7-13H,5-6H2,1-4H3,(H,20,22). The molecular weight excluding hydrogens is 304 g/mol. The number of methoxy groups -OCH3 is 2. The van der Waals surface area contributed by atoms with E-state index in [9.17, 15) is 4.79 Å². The van der Waals surface area contributed by atoms with Crippen molar-refractivity contribution in [2.45, 2.75) is 13.8 Å². The Morgan fingerprint density at radius 2 is 1.67 bits per heavy atom. The topological polar surface area (TPSA) is 50.8 Å². The molecule has 0 aliphatic carbocycles. The molecule has 2 aromatic carbocycles. The Kier molecular flexibility index (Phi) is 6.07. The van der Waals surface area contributed by atoms with Crippen LogP contribution in [0.15, 0.2) is 42.5 Å². The van der Waals surface area contributed by atoms with E-state index in [2.05, 4.69) is 24.1 Å². The normalized spacial score (nSPS) is 10.2. The lowest BCUT2D eigenvalue weighted by molar-refractivity contribution is 0.102. The van der Waals surface area contributed by atoms with E-state index in [1.54, 1.807) is 32.4 Å². The molecule has 0 radical (unpaired) electrons. The zero-order valence-electron chi connectivity index (χ0n) is 14.6. The van der Waals surface area contributed by atoms with Crippen molar-refractivity contribution < 1.29 is 14.3 Å². The molecular formula is C19H24N2O3. The monoisotopic (exact) mass is 328 g/mol. The molecule has 0 aliphatic rings. The fourth-order valence-corrected chi connectivity index (χ4v) is 2.51. The van der Waals surface area contributed by atoms with E-state index in [-0.39, 0.29) is 5.91 Å². The minimum absolute atomic E-state index is 0.176. The summed E-state index contributed by atoms with van der Waals surface area (Å²) in [6, 6.07) is 12.9. The molecule has 0 fully saturated rings. The van der Waals surface area contributed by atoms with Gasteiger partial charge in [0.05, 0.1) is 19.9 Å². The molecule has 2 rings (SSSR count). The molecule has 2 aromatic rings. The summed E-state index contributed by atoms with van der Waals surface area (Å²) in [5.74, 6) is 1.06. The molecule has 0 heterocycles. The molecule has 0 atom stereocenters. The summed E-state index contributed by atoms with van der Waals surface area (Å²) in [4.78, 5) is 14.7. The van der Waals surface area contributed by atoms with Crippen molar-refractivity contribution in [3.63, 3.8) is 0 Å². The summed E-state index contributed by atoms with van der Waals surface area (Å²) in [6.07, 6.45) is 0. The van der Waals surface area contributed by atoms with Crippen LogP contribution in [0.1, 0.15) is 24.2 Å².